The molecule has 0 aromatic carbocycles. The molecule has 3 nitrogen and oxygen atoms in total. The van der Waals surface area contributed by atoms with Gasteiger partial charge in [0.25, 0.3) is 0 Å². The van der Waals surface area contributed by atoms with Gasteiger partial charge in [-0.15, -0.1) is 0 Å². The average Bonchev–Trinajstić information content (AvgIpc) is 2.30. The first kappa shape index (κ1) is 8.08. The van der Waals surface area contributed by atoms with Crippen LogP contribution in [0.3, 0.4) is 0 Å². The van der Waals surface area contributed by atoms with Gasteiger partial charge in [-0.05, 0) is 19.3 Å². The molecule has 66 valence electrons. The summed E-state index contributed by atoms with van der Waals surface area (Å²) in [6, 6.07) is 0.470. The Hall–Kier alpha value is -0.540. The van der Waals surface area contributed by atoms with Crippen molar-refractivity contribution in [1.29, 1.82) is 0 Å². The Morgan fingerprint density at radius 1 is 1.67 bits per heavy atom. The number of hydrogen-bond acceptors (Lipinski definition) is 2. The molecule has 0 spiro atoms. The largest absolute Gasteiger partial charge is 0.392 e. The minimum atomic E-state index is -0.0223. The molecule has 1 heterocycles. The Morgan fingerprint density at radius 2 is 2.42 bits per heavy atom. The number of nitrogens with zero attached hydrogens (tertiary/aromatic N) is 2. The van der Waals surface area contributed by atoms with Gasteiger partial charge in [-0.2, -0.15) is 5.10 Å². The highest BCUT2D eigenvalue weighted by molar-refractivity contribution is 6.30. The van der Waals surface area contributed by atoms with Crippen LogP contribution in [0.2, 0.25) is 5.15 Å². The average molecular weight is 187 g/mol. The third kappa shape index (κ3) is 1.13. The van der Waals surface area contributed by atoms with Gasteiger partial charge in [-0.1, -0.05) is 11.6 Å². The highest BCUT2D eigenvalue weighted by atomic mass is 35.5. The zero-order valence-corrected chi connectivity index (χ0v) is 7.46. The van der Waals surface area contributed by atoms with E-state index in [0.29, 0.717) is 11.2 Å². The van der Waals surface area contributed by atoms with Crippen molar-refractivity contribution in [2.24, 2.45) is 0 Å². The van der Waals surface area contributed by atoms with E-state index >= 15 is 0 Å². The van der Waals surface area contributed by atoms with E-state index in [0.717, 1.165) is 18.4 Å². The summed E-state index contributed by atoms with van der Waals surface area (Å²) in [6.07, 6.45) is 5.22. The lowest BCUT2D eigenvalue weighted by Crippen LogP contribution is -2.18. The predicted molar refractivity (Wildman–Crippen MR) is 46.0 cm³/mol. The number of hydrogen-bond donors (Lipinski definition) is 1. The van der Waals surface area contributed by atoms with Crippen molar-refractivity contribution in [1.82, 2.24) is 9.78 Å². The molecule has 0 amide bonds. The smallest absolute Gasteiger partial charge is 0.132 e. The number of aromatic nitrogens is 2. The second-order valence-corrected chi connectivity index (χ2v) is 3.51. The van der Waals surface area contributed by atoms with Crippen LogP contribution in [0.4, 0.5) is 0 Å². The highest BCUT2D eigenvalue weighted by Gasteiger charge is 2.22. The molecule has 1 aliphatic rings. The summed E-state index contributed by atoms with van der Waals surface area (Å²) in [5.74, 6) is 0. The molecule has 1 aromatic rings. The molecule has 0 saturated heterocycles. The second kappa shape index (κ2) is 3.07. The SMILES string of the molecule is OCc1cnn(C2CCC2)c1Cl. The fourth-order valence-electron chi connectivity index (χ4n) is 1.37. The number of aliphatic hydroxyl groups excluding tert-OH is 1. The predicted octanol–water partition coefficient (Wildman–Crippen LogP) is 1.75. The van der Waals surface area contributed by atoms with Crippen LogP contribution in [0.5, 0.6) is 0 Å². The summed E-state index contributed by atoms with van der Waals surface area (Å²) in [6.45, 7) is -0.0223. The van der Waals surface area contributed by atoms with Gasteiger partial charge < -0.3 is 5.11 Å². The number of halogens is 1. The van der Waals surface area contributed by atoms with Crippen LogP contribution in [0.1, 0.15) is 30.9 Å². The molecule has 0 aliphatic heterocycles. The first-order valence-corrected chi connectivity index (χ1v) is 4.53. The first-order valence-electron chi connectivity index (χ1n) is 4.15. The van der Waals surface area contributed by atoms with Crippen molar-refractivity contribution < 1.29 is 5.11 Å². The first-order chi connectivity index (χ1) is 5.83. The van der Waals surface area contributed by atoms with Crippen LogP contribution < -0.4 is 0 Å². The van der Waals surface area contributed by atoms with Gasteiger partial charge in [0.05, 0.1) is 18.8 Å². The Kier molecular flexibility index (Phi) is 2.07. The van der Waals surface area contributed by atoms with E-state index in [9.17, 15) is 0 Å². The van der Waals surface area contributed by atoms with Crippen LogP contribution in [-0.2, 0) is 6.61 Å². The van der Waals surface area contributed by atoms with Gasteiger partial charge in [0.2, 0.25) is 0 Å². The molecule has 1 saturated carbocycles. The molecule has 2 rings (SSSR count). The minimum absolute atomic E-state index is 0.0223. The van der Waals surface area contributed by atoms with E-state index in [1.807, 2.05) is 4.68 Å². The van der Waals surface area contributed by atoms with Gasteiger partial charge in [0.1, 0.15) is 5.15 Å². The Balaban J connectivity index is 2.25. The summed E-state index contributed by atoms with van der Waals surface area (Å²) in [5, 5.41) is 13.6. The van der Waals surface area contributed by atoms with Gasteiger partial charge in [0, 0.05) is 5.56 Å². The Bertz CT molecular complexity index is 281. The van der Waals surface area contributed by atoms with Crippen molar-refractivity contribution in [2.45, 2.75) is 31.9 Å². The summed E-state index contributed by atoms with van der Waals surface area (Å²) in [5.41, 5.74) is 0.726. The summed E-state index contributed by atoms with van der Waals surface area (Å²) >= 11 is 5.97. The molecule has 0 radical (unpaired) electrons. The molecule has 0 unspecified atom stereocenters. The van der Waals surface area contributed by atoms with E-state index in [2.05, 4.69) is 5.10 Å². The Morgan fingerprint density at radius 3 is 2.83 bits per heavy atom. The van der Waals surface area contributed by atoms with E-state index in [-0.39, 0.29) is 6.61 Å². The zero-order chi connectivity index (χ0) is 8.55. The van der Waals surface area contributed by atoms with E-state index in [4.69, 9.17) is 16.7 Å². The third-order valence-electron chi connectivity index (χ3n) is 2.40. The molecule has 1 N–H and O–H groups in total. The van der Waals surface area contributed by atoms with Gasteiger partial charge in [-0.3, -0.25) is 4.68 Å². The van der Waals surface area contributed by atoms with Crippen molar-refractivity contribution in [3.05, 3.63) is 16.9 Å². The molecule has 1 aliphatic carbocycles. The maximum atomic E-state index is 8.87. The van der Waals surface area contributed by atoms with Gasteiger partial charge >= 0.3 is 0 Å². The minimum Gasteiger partial charge on any atom is -0.392 e. The molecular formula is C8H11ClN2O. The van der Waals surface area contributed by atoms with E-state index in [1.165, 1.54) is 6.42 Å². The number of aliphatic hydroxyl groups is 1. The quantitative estimate of drug-likeness (QED) is 0.765. The van der Waals surface area contributed by atoms with Crippen molar-refractivity contribution in [2.75, 3.05) is 0 Å². The van der Waals surface area contributed by atoms with E-state index in [1.54, 1.807) is 6.20 Å². The normalized spacial score (nSPS) is 17.8. The zero-order valence-electron chi connectivity index (χ0n) is 6.70. The maximum Gasteiger partial charge on any atom is 0.132 e. The van der Waals surface area contributed by atoms with E-state index < -0.39 is 0 Å². The lowest BCUT2D eigenvalue weighted by atomic mass is 9.93. The van der Waals surface area contributed by atoms with Crippen LogP contribution in [0, 0.1) is 0 Å². The molecule has 12 heavy (non-hydrogen) atoms. The molecule has 1 aromatic heterocycles. The topological polar surface area (TPSA) is 38.1 Å². The fraction of sp³-hybridized carbons (Fsp3) is 0.625. The summed E-state index contributed by atoms with van der Waals surface area (Å²) in [4.78, 5) is 0. The summed E-state index contributed by atoms with van der Waals surface area (Å²) < 4.78 is 1.82. The lowest BCUT2D eigenvalue weighted by Gasteiger charge is -2.26. The van der Waals surface area contributed by atoms with Crippen LogP contribution >= 0.6 is 11.6 Å². The fourth-order valence-corrected chi connectivity index (χ4v) is 1.67. The second-order valence-electron chi connectivity index (χ2n) is 3.15. The van der Waals surface area contributed by atoms with Crippen LogP contribution in [0.15, 0.2) is 6.20 Å². The molecule has 4 heteroatoms. The Labute approximate surface area is 76.0 Å². The lowest BCUT2D eigenvalue weighted by molar-refractivity contribution is 0.277. The van der Waals surface area contributed by atoms with Crippen LogP contribution in [-0.4, -0.2) is 14.9 Å². The molecule has 0 bridgehead atoms. The molecular weight excluding hydrogens is 176 g/mol. The number of rotatable bonds is 2. The van der Waals surface area contributed by atoms with Gasteiger partial charge in [-0.25, -0.2) is 0 Å². The highest BCUT2D eigenvalue weighted by Crippen LogP contribution is 2.34. The van der Waals surface area contributed by atoms with Crippen LogP contribution in [0.25, 0.3) is 0 Å². The third-order valence-corrected chi connectivity index (χ3v) is 2.81. The molecule has 1 fully saturated rings. The maximum absolute atomic E-state index is 8.87. The van der Waals surface area contributed by atoms with Crippen molar-refractivity contribution >= 4 is 11.6 Å². The summed E-state index contributed by atoms with van der Waals surface area (Å²) in [7, 11) is 0. The monoisotopic (exact) mass is 186 g/mol. The standard InChI is InChI=1S/C8H11ClN2O/c9-8-6(5-12)4-10-11(8)7-2-1-3-7/h4,7,12H,1-3,5H2. The van der Waals surface area contributed by atoms with Crippen molar-refractivity contribution in [3.63, 3.8) is 0 Å². The van der Waals surface area contributed by atoms with Gasteiger partial charge in [0.15, 0.2) is 0 Å². The van der Waals surface area contributed by atoms with Crippen molar-refractivity contribution in [3.8, 4) is 0 Å². The molecule has 0 atom stereocenters.